The zero-order chi connectivity index (χ0) is 33.5. The molecule has 11 aromatic rings. The number of hydrogen-bond donors (Lipinski definition) is 0. The number of nitrogens with zero attached hydrogens (tertiary/aromatic N) is 3. The first-order valence-electron chi connectivity index (χ1n) is 17.1. The summed E-state index contributed by atoms with van der Waals surface area (Å²) in [6.45, 7) is 0. The zero-order valence-corrected chi connectivity index (χ0v) is 28.1. The van der Waals surface area contributed by atoms with Gasteiger partial charge in [0.15, 0.2) is 5.82 Å². The number of benzene rings is 7. The highest BCUT2D eigenvalue weighted by molar-refractivity contribution is 7.26. The van der Waals surface area contributed by atoms with Crippen LogP contribution in [0.1, 0.15) is 0 Å². The Hall–Kier alpha value is -6.56. The van der Waals surface area contributed by atoms with E-state index in [0.717, 1.165) is 61.2 Å². The number of hydrogen-bond acceptors (Lipinski definition) is 4. The third-order valence-electron chi connectivity index (χ3n) is 10.0. The Morgan fingerprint density at radius 3 is 1.96 bits per heavy atom. The second-order valence-corrected chi connectivity index (χ2v) is 14.1. The minimum Gasteiger partial charge on any atom is -0.456 e. The van der Waals surface area contributed by atoms with Crippen molar-refractivity contribution in [2.24, 2.45) is 0 Å². The number of fused-ring (bicyclic) bond motifs is 10. The van der Waals surface area contributed by atoms with Gasteiger partial charge in [-0.15, -0.1) is 11.3 Å². The van der Waals surface area contributed by atoms with Crippen molar-refractivity contribution in [2.75, 3.05) is 0 Å². The van der Waals surface area contributed by atoms with Crippen LogP contribution < -0.4 is 0 Å². The molecule has 51 heavy (non-hydrogen) atoms. The smallest absolute Gasteiger partial charge is 0.160 e. The Bertz CT molecular complexity index is 3140. The van der Waals surface area contributed by atoms with Gasteiger partial charge in [0.25, 0.3) is 0 Å². The Morgan fingerprint density at radius 1 is 0.431 bits per heavy atom. The van der Waals surface area contributed by atoms with Crippen LogP contribution in [0.25, 0.3) is 104 Å². The van der Waals surface area contributed by atoms with Gasteiger partial charge >= 0.3 is 0 Å². The molecule has 0 unspecified atom stereocenters. The van der Waals surface area contributed by atoms with Crippen molar-refractivity contribution in [1.29, 1.82) is 0 Å². The van der Waals surface area contributed by atoms with Crippen molar-refractivity contribution < 1.29 is 4.42 Å². The molecule has 4 nitrogen and oxygen atoms in total. The van der Waals surface area contributed by atoms with E-state index < -0.39 is 0 Å². The van der Waals surface area contributed by atoms with Crippen molar-refractivity contribution in [3.63, 3.8) is 0 Å². The third kappa shape index (κ3) is 4.38. The maximum Gasteiger partial charge on any atom is 0.160 e. The highest BCUT2D eigenvalue weighted by atomic mass is 32.1. The fourth-order valence-corrected chi connectivity index (χ4v) is 8.80. The summed E-state index contributed by atoms with van der Waals surface area (Å²) in [6.07, 6.45) is 0. The lowest BCUT2D eigenvalue weighted by atomic mass is 10.0. The lowest BCUT2D eigenvalue weighted by Gasteiger charge is -2.10. The van der Waals surface area contributed by atoms with Gasteiger partial charge in [0, 0.05) is 64.1 Å². The fraction of sp³-hybridized carbons (Fsp3) is 0. The number of furan rings is 1. The van der Waals surface area contributed by atoms with Gasteiger partial charge in [-0.3, -0.25) is 0 Å². The molecule has 0 fully saturated rings. The molecule has 0 bridgehead atoms. The van der Waals surface area contributed by atoms with Crippen LogP contribution in [0.15, 0.2) is 168 Å². The molecule has 0 N–H and O–H groups in total. The van der Waals surface area contributed by atoms with Crippen molar-refractivity contribution >= 4 is 75.3 Å². The molecule has 11 rings (SSSR count). The average molecular weight is 670 g/mol. The molecule has 0 aliphatic carbocycles. The maximum atomic E-state index is 6.43. The first-order chi connectivity index (χ1) is 25.3. The molecule has 0 spiro atoms. The quantitative estimate of drug-likeness (QED) is 0.187. The van der Waals surface area contributed by atoms with Crippen LogP contribution in [0, 0.1) is 0 Å². The highest BCUT2D eigenvalue weighted by Crippen LogP contribution is 2.43. The van der Waals surface area contributed by atoms with Gasteiger partial charge in [-0.1, -0.05) is 91.0 Å². The minimum absolute atomic E-state index is 0.678. The van der Waals surface area contributed by atoms with Gasteiger partial charge in [-0.2, -0.15) is 0 Å². The molecule has 0 atom stereocenters. The lowest BCUT2D eigenvalue weighted by molar-refractivity contribution is 0.669. The zero-order valence-electron chi connectivity index (χ0n) is 27.2. The summed E-state index contributed by atoms with van der Waals surface area (Å²) < 4.78 is 11.3. The number of rotatable bonds is 4. The Morgan fingerprint density at radius 2 is 1.10 bits per heavy atom. The summed E-state index contributed by atoms with van der Waals surface area (Å²) in [5, 5.41) is 7.10. The summed E-state index contributed by atoms with van der Waals surface area (Å²) in [5.41, 5.74) is 10.0. The van der Waals surface area contributed by atoms with Gasteiger partial charge in [-0.05, 0) is 72.8 Å². The van der Waals surface area contributed by atoms with E-state index in [1.807, 2.05) is 17.4 Å². The van der Waals surface area contributed by atoms with Crippen LogP contribution in [-0.2, 0) is 0 Å². The van der Waals surface area contributed by atoms with Crippen molar-refractivity contribution in [3.8, 4) is 39.6 Å². The summed E-state index contributed by atoms with van der Waals surface area (Å²) in [7, 11) is 0. The van der Waals surface area contributed by atoms with E-state index in [-0.39, 0.29) is 0 Å². The SMILES string of the molecule is c1ccc(-c2cc(-c3ccc4c(c3)c3ccccc3n4-c3ccccc3)nc(-c3ccc4oc5ccc6sc7ccccc7c6c5c4c3)n2)cc1. The van der Waals surface area contributed by atoms with E-state index >= 15 is 0 Å². The molecular weight excluding hydrogens is 643 g/mol. The highest BCUT2D eigenvalue weighted by Gasteiger charge is 2.18. The van der Waals surface area contributed by atoms with E-state index in [2.05, 4.69) is 162 Å². The summed E-state index contributed by atoms with van der Waals surface area (Å²) in [5.74, 6) is 0.678. The van der Waals surface area contributed by atoms with Crippen LogP contribution in [0.4, 0.5) is 0 Å². The molecule has 238 valence electrons. The normalized spacial score (nSPS) is 11.9. The topological polar surface area (TPSA) is 43.9 Å². The number of para-hydroxylation sites is 2. The number of thiophene rings is 1. The summed E-state index contributed by atoms with van der Waals surface area (Å²) in [4.78, 5) is 10.5. The molecule has 4 heterocycles. The molecule has 0 radical (unpaired) electrons. The standard InChI is InChI=1S/C46H27N3OS/c1-3-11-28(12-4-1)36-27-37(29-19-21-39-34(25-29)32-15-7-9-17-38(32)49(39)31-13-5-2-6-14-31)48-46(47-36)30-20-22-40-35(26-30)44-41(50-40)23-24-43-45(44)33-16-8-10-18-42(33)51-43/h1-27H. The first kappa shape index (κ1) is 28.3. The van der Waals surface area contributed by atoms with Crippen molar-refractivity contribution in [1.82, 2.24) is 14.5 Å². The lowest BCUT2D eigenvalue weighted by Crippen LogP contribution is -1.96. The van der Waals surface area contributed by atoms with Crippen LogP contribution in [0.3, 0.4) is 0 Å². The second kappa shape index (κ2) is 11.0. The molecule has 4 aromatic heterocycles. The largest absolute Gasteiger partial charge is 0.456 e. The van der Waals surface area contributed by atoms with E-state index in [1.54, 1.807) is 0 Å². The van der Waals surface area contributed by atoms with Gasteiger partial charge in [0.05, 0.1) is 22.4 Å². The molecule has 0 aliphatic heterocycles. The van der Waals surface area contributed by atoms with E-state index in [4.69, 9.17) is 14.4 Å². The molecular formula is C46H27N3OS. The molecule has 0 aliphatic rings. The first-order valence-corrected chi connectivity index (χ1v) is 17.9. The van der Waals surface area contributed by atoms with Gasteiger partial charge < -0.3 is 8.98 Å². The Kier molecular flexibility index (Phi) is 6.09. The maximum absolute atomic E-state index is 6.43. The van der Waals surface area contributed by atoms with Crippen molar-refractivity contribution in [2.45, 2.75) is 0 Å². The van der Waals surface area contributed by atoms with Gasteiger partial charge in [-0.25, -0.2) is 9.97 Å². The van der Waals surface area contributed by atoms with Gasteiger partial charge in [0.2, 0.25) is 0 Å². The van der Waals surface area contributed by atoms with Crippen LogP contribution in [0.5, 0.6) is 0 Å². The van der Waals surface area contributed by atoms with E-state index in [1.165, 1.54) is 36.5 Å². The molecule has 0 saturated carbocycles. The van der Waals surface area contributed by atoms with E-state index in [9.17, 15) is 0 Å². The Balaban J connectivity index is 1.14. The monoisotopic (exact) mass is 669 g/mol. The van der Waals surface area contributed by atoms with Gasteiger partial charge in [0.1, 0.15) is 11.2 Å². The van der Waals surface area contributed by atoms with Crippen molar-refractivity contribution in [3.05, 3.63) is 164 Å². The molecule has 0 amide bonds. The fourth-order valence-electron chi connectivity index (χ4n) is 7.69. The molecule has 7 aromatic carbocycles. The van der Waals surface area contributed by atoms with Crippen LogP contribution in [-0.4, -0.2) is 14.5 Å². The summed E-state index contributed by atoms with van der Waals surface area (Å²) >= 11 is 1.82. The minimum atomic E-state index is 0.678. The molecule has 5 heteroatoms. The Labute approximate surface area is 296 Å². The second-order valence-electron chi connectivity index (χ2n) is 13.0. The van der Waals surface area contributed by atoms with E-state index in [0.29, 0.717) is 5.82 Å². The number of aromatic nitrogens is 3. The summed E-state index contributed by atoms with van der Waals surface area (Å²) in [6, 6.07) is 57.6. The average Bonchev–Trinajstić information content (AvgIpc) is 3.87. The van der Waals surface area contributed by atoms with Crippen LogP contribution >= 0.6 is 11.3 Å². The molecule has 0 saturated heterocycles. The predicted octanol–water partition coefficient (Wildman–Crippen LogP) is 12.8. The predicted molar refractivity (Wildman–Crippen MR) is 213 cm³/mol. The van der Waals surface area contributed by atoms with Crippen LogP contribution in [0.2, 0.25) is 0 Å². The third-order valence-corrected chi connectivity index (χ3v) is 11.1.